The van der Waals surface area contributed by atoms with Gasteiger partial charge in [-0.05, 0) is 11.6 Å². The molecule has 1 unspecified atom stereocenters. The van der Waals surface area contributed by atoms with Gasteiger partial charge in [0.1, 0.15) is 17.7 Å². The molecule has 0 spiro atoms. The first-order chi connectivity index (χ1) is 9.58. The lowest BCUT2D eigenvalue weighted by molar-refractivity contribution is -0.159. The number of alkyl halides is 3. The molecule has 0 aliphatic heterocycles. The van der Waals surface area contributed by atoms with Crippen LogP contribution in [0.5, 0.6) is 0 Å². The fraction of sp³-hybridized carbons (Fsp3) is 0.333. The van der Waals surface area contributed by atoms with Gasteiger partial charge in [-0.15, -0.1) is 0 Å². The largest absolute Gasteiger partial charge is 0.480 e. The number of hydrogen-bond donors (Lipinski definition) is 2. The maximum absolute atomic E-state index is 13.3. The Hall–Kier alpha value is -2.19. The molecule has 0 radical (unpaired) electrons. The summed E-state index contributed by atoms with van der Waals surface area (Å²) in [7, 11) is 0. The number of hydrogen-bond acceptors (Lipinski definition) is 2. The van der Waals surface area contributed by atoms with Crippen LogP contribution in [-0.4, -0.2) is 29.2 Å². The lowest BCUT2D eigenvalue weighted by Crippen LogP contribution is -2.44. The number of benzene rings is 1. The lowest BCUT2D eigenvalue weighted by atomic mass is 10.1. The van der Waals surface area contributed by atoms with Crippen molar-refractivity contribution in [2.24, 2.45) is 0 Å². The van der Waals surface area contributed by atoms with Crippen LogP contribution in [0.4, 0.5) is 22.0 Å². The van der Waals surface area contributed by atoms with Gasteiger partial charge in [0, 0.05) is 6.07 Å². The summed E-state index contributed by atoms with van der Waals surface area (Å²) in [6.07, 6.45) is -7.23. The number of carbonyl (C=O) groups excluding carboxylic acids is 1. The molecule has 0 saturated heterocycles. The molecule has 1 rings (SSSR count). The van der Waals surface area contributed by atoms with E-state index in [1.807, 2.05) is 0 Å². The maximum atomic E-state index is 13.3. The Kier molecular flexibility index (Phi) is 5.23. The van der Waals surface area contributed by atoms with Crippen molar-refractivity contribution in [2.75, 3.05) is 0 Å². The molecule has 0 aliphatic carbocycles. The quantitative estimate of drug-likeness (QED) is 0.818. The number of amides is 1. The van der Waals surface area contributed by atoms with E-state index in [0.29, 0.717) is 6.07 Å². The zero-order valence-corrected chi connectivity index (χ0v) is 10.4. The normalized spacial score (nSPS) is 12.8. The Morgan fingerprint density at radius 2 is 1.86 bits per heavy atom. The van der Waals surface area contributed by atoms with Gasteiger partial charge in [0.25, 0.3) is 0 Å². The first-order valence-corrected chi connectivity index (χ1v) is 5.61. The van der Waals surface area contributed by atoms with E-state index in [-0.39, 0.29) is 5.56 Å². The Bertz CT molecular complexity index is 544. The van der Waals surface area contributed by atoms with Crippen molar-refractivity contribution in [2.45, 2.75) is 25.1 Å². The average Bonchev–Trinajstić information content (AvgIpc) is 2.30. The molecule has 2 N–H and O–H groups in total. The Labute approximate surface area is 115 Å². The molecule has 0 bridgehead atoms. The predicted octanol–water partition coefficient (Wildman–Crippen LogP) is 2.03. The summed E-state index contributed by atoms with van der Waals surface area (Å²) in [5.74, 6) is -4.90. The lowest BCUT2D eigenvalue weighted by Gasteiger charge is -2.16. The van der Waals surface area contributed by atoms with Crippen LogP contribution < -0.4 is 5.32 Å². The molecule has 9 heteroatoms. The van der Waals surface area contributed by atoms with Gasteiger partial charge >= 0.3 is 12.1 Å². The summed E-state index contributed by atoms with van der Waals surface area (Å²) in [6.45, 7) is 0. The summed E-state index contributed by atoms with van der Waals surface area (Å²) in [4.78, 5) is 22.1. The number of carboxylic acids is 1. The monoisotopic (exact) mass is 311 g/mol. The van der Waals surface area contributed by atoms with Gasteiger partial charge in [-0.2, -0.15) is 13.2 Å². The predicted molar refractivity (Wildman–Crippen MR) is 60.3 cm³/mol. The van der Waals surface area contributed by atoms with E-state index in [9.17, 15) is 31.5 Å². The third kappa shape index (κ3) is 5.76. The van der Waals surface area contributed by atoms with Crippen molar-refractivity contribution in [1.29, 1.82) is 0 Å². The number of carbonyl (C=O) groups is 2. The summed E-state index contributed by atoms with van der Waals surface area (Å²) in [6, 6.07) is 0.161. The second-order valence-corrected chi connectivity index (χ2v) is 4.19. The van der Waals surface area contributed by atoms with Crippen molar-refractivity contribution in [3.63, 3.8) is 0 Å². The van der Waals surface area contributed by atoms with Crippen molar-refractivity contribution in [3.8, 4) is 0 Å². The minimum absolute atomic E-state index is 0.259. The van der Waals surface area contributed by atoms with E-state index in [4.69, 9.17) is 5.11 Å². The van der Waals surface area contributed by atoms with Gasteiger partial charge in [0.2, 0.25) is 5.91 Å². The van der Waals surface area contributed by atoms with Crippen LogP contribution in [0.2, 0.25) is 0 Å². The van der Waals surface area contributed by atoms with Gasteiger partial charge < -0.3 is 10.4 Å². The Morgan fingerprint density at radius 3 is 2.33 bits per heavy atom. The average molecular weight is 311 g/mol. The molecule has 1 aromatic carbocycles. The number of carboxylic acid groups (broad SMARTS) is 1. The molecule has 0 saturated carbocycles. The second-order valence-electron chi connectivity index (χ2n) is 4.19. The van der Waals surface area contributed by atoms with Crippen molar-refractivity contribution < 1.29 is 36.6 Å². The van der Waals surface area contributed by atoms with Gasteiger partial charge in [-0.1, -0.05) is 6.07 Å². The topological polar surface area (TPSA) is 66.4 Å². The van der Waals surface area contributed by atoms with Crippen LogP contribution >= 0.6 is 0 Å². The molecular weight excluding hydrogens is 301 g/mol. The minimum atomic E-state index is -4.78. The number of rotatable bonds is 5. The highest BCUT2D eigenvalue weighted by Gasteiger charge is 2.36. The molecule has 0 aliphatic rings. The first kappa shape index (κ1) is 16.9. The van der Waals surface area contributed by atoms with Crippen LogP contribution in [0.3, 0.4) is 0 Å². The third-order valence-corrected chi connectivity index (χ3v) is 2.44. The molecular formula is C12H10F5NO3. The molecule has 0 heterocycles. The Morgan fingerprint density at radius 1 is 1.24 bits per heavy atom. The molecule has 21 heavy (non-hydrogen) atoms. The molecule has 1 amide bonds. The molecule has 0 aromatic heterocycles. The van der Waals surface area contributed by atoms with Gasteiger partial charge in [-0.3, -0.25) is 4.79 Å². The minimum Gasteiger partial charge on any atom is -0.480 e. The third-order valence-electron chi connectivity index (χ3n) is 2.44. The van der Waals surface area contributed by atoms with Crippen LogP contribution in [0.25, 0.3) is 0 Å². The van der Waals surface area contributed by atoms with E-state index in [2.05, 4.69) is 0 Å². The first-order valence-electron chi connectivity index (χ1n) is 5.61. The van der Waals surface area contributed by atoms with Crippen molar-refractivity contribution >= 4 is 11.9 Å². The number of nitrogens with one attached hydrogen (secondary N) is 1. The summed E-state index contributed by atoms with van der Waals surface area (Å²) >= 11 is 0. The van der Waals surface area contributed by atoms with Gasteiger partial charge in [0.15, 0.2) is 0 Å². The smallest absolute Gasteiger partial charge is 0.391 e. The SMILES string of the molecule is O=C(Cc1ccc(F)cc1F)NC(CC(F)(F)F)C(=O)O. The van der Waals surface area contributed by atoms with Crippen LogP contribution in [0.15, 0.2) is 18.2 Å². The standard InChI is InChI=1S/C12H10F5NO3/c13-7-2-1-6(8(14)4-7)3-10(19)18-9(11(20)21)5-12(15,16)17/h1-2,4,9H,3,5H2,(H,18,19)(H,20,21). The summed E-state index contributed by atoms with van der Waals surface area (Å²) < 4.78 is 62.3. The van der Waals surface area contributed by atoms with E-state index < -0.39 is 48.6 Å². The van der Waals surface area contributed by atoms with E-state index in [1.165, 1.54) is 0 Å². The molecule has 0 fully saturated rings. The van der Waals surface area contributed by atoms with Crippen LogP contribution in [0, 0.1) is 11.6 Å². The maximum Gasteiger partial charge on any atom is 0.391 e. The summed E-state index contributed by atoms with van der Waals surface area (Å²) in [5.41, 5.74) is -0.259. The van der Waals surface area contributed by atoms with E-state index in [1.54, 1.807) is 5.32 Å². The molecule has 1 atom stereocenters. The van der Waals surface area contributed by atoms with E-state index in [0.717, 1.165) is 12.1 Å². The van der Waals surface area contributed by atoms with Crippen LogP contribution in [-0.2, 0) is 16.0 Å². The number of halogens is 5. The highest BCUT2D eigenvalue weighted by Crippen LogP contribution is 2.21. The van der Waals surface area contributed by atoms with Crippen LogP contribution in [0.1, 0.15) is 12.0 Å². The highest BCUT2D eigenvalue weighted by molar-refractivity contribution is 5.84. The fourth-order valence-electron chi connectivity index (χ4n) is 1.51. The molecule has 4 nitrogen and oxygen atoms in total. The van der Waals surface area contributed by atoms with Gasteiger partial charge in [-0.25, -0.2) is 13.6 Å². The molecule has 1 aromatic rings. The number of aliphatic carboxylic acids is 1. The van der Waals surface area contributed by atoms with Gasteiger partial charge in [0.05, 0.1) is 12.8 Å². The fourth-order valence-corrected chi connectivity index (χ4v) is 1.51. The Balaban J connectivity index is 2.72. The summed E-state index contributed by atoms with van der Waals surface area (Å²) in [5, 5.41) is 10.2. The van der Waals surface area contributed by atoms with E-state index >= 15 is 0 Å². The zero-order valence-electron chi connectivity index (χ0n) is 10.4. The zero-order chi connectivity index (χ0) is 16.2. The van der Waals surface area contributed by atoms with Crippen molar-refractivity contribution in [3.05, 3.63) is 35.4 Å². The van der Waals surface area contributed by atoms with Crippen molar-refractivity contribution in [1.82, 2.24) is 5.32 Å². The molecule has 116 valence electrons. The highest BCUT2D eigenvalue weighted by atomic mass is 19.4. The second kappa shape index (κ2) is 6.51.